The van der Waals surface area contributed by atoms with Crippen LogP contribution >= 0.6 is 0 Å². The summed E-state index contributed by atoms with van der Waals surface area (Å²) in [5.41, 5.74) is 0. The van der Waals surface area contributed by atoms with Crippen molar-refractivity contribution in [2.24, 2.45) is 0 Å². The second-order valence-electron chi connectivity index (χ2n) is 3.49. The number of rotatable bonds is 8. The molecule has 88 valence electrons. The molecule has 0 rings (SSSR count). The summed E-state index contributed by atoms with van der Waals surface area (Å²) in [7, 11) is 0. The van der Waals surface area contributed by atoms with Gasteiger partial charge in [0, 0.05) is 0 Å². The first-order valence-electron chi connectivity index (χ1n) is 5.21. The van der Waals surface area contributed by atoms with Crippen LogP contribution in [0.25, 0.3) is 0 Å². The van der Waals surface area contributed by atoms with Crippen molar-refractivity contribution in [3.8, 4) is 0 Å². The van der Waals surface area contributed by atoms with Gasteiger partial charge >= 0.3 is 11.9 Å². The van der Waals surface area contributed by atoms with E-state index in [4.69, 9.17) is 10.2 Å². The second-order valence-corrected chi connectivity index (χ2v) is 3.49. The van der Waals surface area contributed by atoms with Crippen LogP contribution in [0.15, 0.2) is 0 Å². The van der Waals surface area contributed by atoms with E-state index in [-0.39, 0.29) is 6.42 Å². The van der Waals surface area contributed by atoms with E-state index in [0.717, 1.165) is 12.8 Å². The van der Waals surface area contributed by atoms with Crippen molar-refractivity contribution in [2.45, 2.75) is 39.2 Å². The maximum atomic E-state index is 10.9. The zero-order chi connectivity index (χ0) is 11.8. The highest BCUT2D eigenvalue weighted by molar-refractivity contribution is 5.80. The standard InChI is InChI=1S/C10H19NO4/c1-3-5-11(6-4-2)8(10(14)15)7-9(12)13/h8H,3-7H2,1-2H3,(H,12,13)(H,14,15)/t8-/m0/s1. The quantitative estimate of drug-likeness (QED) is 0.635. The van der Waals surface area contributed by atoms with E-state index >= 15 is 0 Å². The van der Waals surface area contributed by atoms with Crippen molar-refractivity contribution < 1.29 is 19.8 Å². The summed E-state index contributed by atoms with van der Waals surface area (Å²) in [6.45, 7) is 5.14. The fraction of sp³-hybridized carbons (Fsp3) is 0.800. The molecule has 2 N–H and O–H groups in total. The number of carbonyl (C=O) groups is 2. The van der Waals surface area contributed by atoms with E-state index in [1.807, 2.05) is 13.8 Å². The molecule has 0 aromatic rings. The van der Waals surface area contributed by atoms with Gasteiger partial charge < -0.3 is 10.2 Å². The molecule has 0 aliphatic rings. The predicted octanol–water partition coefficient (Wildman–Crippen LogP) is 1.04. The number of nitrogens with zero attached hydrogens (tertiary/aromatic N) is 1. The fourth-order valence-corrected chi connectivity index (χ4v) is 1.54. The molecule has 5 nitrogen and oxygen atoms in total. The number of hydrogen-bond acceptors (Lipinski definition) is 3. The van der Waals surface area contributed by atoms with Crippen LogP contribution in [0.1, 0.15) is 33.1 Å². The smallest absolute Gasteiger partial charge is 0.321 e. The van der Waals surface area contributed by atoms with Gasteiger partial charge in [-0.2, -0.15) is 0 Å². The largest absolute Gasteiger partial charge is 0.481 e. The monoisotopic (exact) mass is 217 g/mol. The molecule has 15 heavy (non-hydrogen) atoms. The summed E-state index contributed by atoms with van der Waals surface area (Å²) in [6.07, 6.45) is 1.31. The molecule has 0 aromatic carbocycles. The van der Waals surface area contributed by atoms with Gasteiger partial charge in [0.1, 0.15) is 6.04 Å². The Morgan fingerprint density at radius 3 is 1.87 bits per heavy atom. The van der Waals surface area contributed by atoms with Crippen molar-refractivity contribution in [2.75, 3.05) is 13.1 Å². The van der Waals surface area contributed by atoms with Gasteiger partial charge in [0.25, 0.3) is 0 Å². The zero-order valence-electron chi connectivity index (χ0n) is 9.27. The van der Waals surface area contributed by atoms with Gasteiger partial charge in [0.15, 0.2) is 0 Å². The molecule has 0 unspecified atom stereocenters. The number of aliphatic carboxylic acids is 2. The third-order valence-corrected chi connectivity index (χ3v) is 2.12. The average Bonchev–Trinajstić information content (AvgIpc) is 2.13. The Morgan fingerprint density at radius 2 is 1.60 bits per heavy atom. The minimum atomic E-state index is -1.07. The lowest BCUT2D eigenvalue weighted by Gasteiger charge is -2.26. The van der Waals surface area contributed by atoms with Gasteiger partial charge in [-0.25, -0.2) is 0 Å². The highest BCUT2D eigenvalue weighted by atomic mass is 16.4. The van der Waals surface area contributed by atoms with Crippen LogP contribution in [0, 0.1) is 0 Å². The minimum absolute atomic E-state index is 0.338. The first kappa shape index (κ1) is 13.9. The Bertz CT molecular complexity index is 211. The van der Waals surface area contributed by atoms with E-state index in [0.29, 0.717) is 13.1 Å². The Balaban J connectivity index is 4.50. The molecule has 0 amide bonds. The summed E-state index contributed by atoms with van der Waals surface area (Å²) in [6, 6.07) is -0.901. The third-order valence-electron chi connectivity index (χ3n) is 2.12. The molecule has 0 bridgehead atoms. The summed E-state index contributed by atoms with van der Waals surface area (Å²) < 4.78 is 0. The number of carboxylic acid groups (broad SMARTS) is 2. The first-order valence-corrected chi connectivity index (χ1v) is 5.21. The van der Waals surface area contributed by atoms with Crippen LogP contribution < -0.4 is 0 Å². The molecule has 0 aliphatic heterocycles. The third kappa shape index (κ3) is 5.37. The van der Waals surface area contributed by atoms with Crippen LogP contribution in [0.2, 0.25) is 0 Å². The van der Waals surface area contributed by atoms with Gasteiger partial charge in [-0.3, -0.25) is 14.5 Å². The highest BCUT2D eigenvalue weighted by Crippen LogP contribution is 2.07. The lowest BCUT2D eigenvalue weighted by atomic mass is 10.1. The highest BCUT2D eigenvalue weighted by Gasteiger charge is 2.26. The summed E-state index contributed by atoms with van der Waals surface area (Å²) >= 11 is 0. The lowest BCUT2D eigenvalue weighted by molar-refractivity contribution is -0.149. The molecule has 0 saturated heterocycles. The molecule has 1 atom stereocenters. The summed E-state index contributed by atoms with van der Waals surface area (Å²) in [5.74, 6) is -2.13. The van der Waals surface area contributed by atoms with Gasteiger partial charge in [0.05, 0.1) is 6.42 Å². The lowest BCUT2D eigenvalue weighted by Crippen LogP contribution is -2.43. The molecular weight excluding hydrogens is 198 g/mol. The molecular formula is C10H19NO4. The molecule has 0 spiro atoms. The van der Waals surface area contributed by atoms with E-state index in [2.05, 4.69) is 0 Å². The predicted molar refractivity (Wildman–Crippen MR) is 55.8 cm³/mol. The topological polar surface area (TPSA) is 77.8 Å². The van der Waals surface area contributed by atoms with Crippen LogP contribution in [-0.4, -0.2) is 46.2 Å². The van der Waals surface area contributed by atoms with Crippen LogP contribution in [0.4, 0.5) is 0 Å². The SMILES string of the molecule is CCCN(CCC)[C@@H](CC(=O)O)C(=O)O. The number of carboxylic acids is 2. The Morgan fingerprint density at radius 1 is 1.13 bits per heavy atom. The van der Waals surface area contributed by atoms with Gasteiger partial charge in [0.2, 0.25) is 0 Å². The molecule has 0 radical (unpaired) electrons. The molecule has 0 fully saturated rings. The molecule has 0 heterocycles. The van der Waals surface area contributed by atoms with E-state index < -0.39 is 18.0 Å². The summed E-state index contributed by atoms with van der Waals surface area (Å²) in [5, 5.41) is 17.6. The Labute approximate surface area is 89.7 Å². The van der Waals surface area contributed by atoms with Gasteiger partial charge in [-0.1, -0.05) is 13.8 Å². The molecule has 0 aromatic heterocycles. The molecule has 5 heteroatoms. The van der Waals surface area contributed by atoms with Crippen LogP contribution in [-0.2, 0) is 9.59 Å². The van der Waals surface area contributed by atoms with Crippen molar-refractivity contribution in [1.82, 2.24) is 4.90 Å². The Kier molecular flexibility index (Phi) is 6.70. The Hall–Kier alpha value is -1.10. The average molecular weight is 217 g/mol. The van der Waals surface area contributed by atoms with E-state index in [1.165, 1.54) is 0 Å². The zero-order valence-corrected chi connectivity index (χ0v) is 9.27. The first-order chi connectivity index (χ1) is 7.02. The molecule has 0 saturated carbocycles. The van der Waals surface area contributed by atoms with Crippen molar-refractivity contribution in [1.29, 1.82) is 0 Å². The van der Waals surface area contributed by atoms with E-state index in [9.17, 15) is 9.59 Å². The van der Waals surface area contributed by atoms with Crippen LogP contribution in [0.5, 0.6) is 0 Å². The van der Waals surface area contributed by atoms with Crippen molar-refractivity contribution in [3.05, 3.63) is 0 Å². The normalized spacial score (nSPS) is 12.7. The summed E-state index contributed by atoms with van der Waals surface area (Å²) in [4.78, 5) is 23.2. The minimum Gasteiger partial charge on any atom is -0.481 e. The maximum absolute atomic E-state index is 10.9. The van der Waals surface area contributed by atoms with Gasteiger partial charge in [-0.05, 0) is 25.9 Å². The van der Waals surface area contributed by atoms with E-state index in [1.54, 1.807) is 4.90 Å². The number of hydrogen-bond donors (Lipinski definition) is 2. The van der Waals surface area contributed by atoms with Crippen molar-refractivity contribution in [3.63, 3.8) is 0 Å². The maximum Gasteiger partial charge on any atom is 0.321 e. The second kappa shape index (κ2) is 7.23. The fourth-order valence-electron chi connectivity index (χ4n) is 1.54. The molecule has 0 aliphatic carbocycles. The van der Waals surface area contributed by atoms with Crippen molar-refractivity contribution >= 4 is 11.9 Å². The van der Waals surface area contributed by atoms with Gasteiger partial charge in [-0.15, -0.1) is 0 Å². The van der Waals surface area contributed by atoms with Crippen LogP contribution in [0.3, 0.4) is 0 Å².